The summed E-state index contributed by atoms with van der Waals surface area (Å²) in [6.45, 7) is 3.26. The molecule has 22 heavy (non-hydrogen) atoms. The van der Waals surface area contributed by atoms with Crippen LogP contribution in [0.2, 0.25) is 0 Å². The fourth-order valence-corrected chi connectivity index (χ4v) is 2.75. The first kappa shape index (κ1) is 16.5. The van der Waals surface area contributed by atoms with Crippen LogP contribution in [0.15, 0.2) is 59.5 Å². The third-order valence-electron chi connectivity index (χ3n) is 2.92. The van der Waals surface area contributed by atoms with Gasteiger partial charge in [-0.15, -0.1) is 0 Å². The van der Waals surface area contributed by atoms with E-state index in [1.54, 1.807) is 42.5 Å². The summed E-state index contributed by atoms with van der Waals surface area (Å²) in [6.07, 6.45) is -2.45. The van der Waals surface area contributed by atoms with E-state index in [9.17, 15) is 13.5 Å². The van der Waals surface area contributed by atoms with E-state index in [1.807, 2.05) is 6.92 Å². The number of ether oxygens (including phenoxy) is 1. The van der Waals surface area contributed by atoms with Crippen LogP contribution in [0.5, 0.6) is 5.75 Å². The quantitative estimate of drug-likeness (QED) is 0.653. The molecular weight excluding hydrogens is 304 g/mol. The summed E-state index contributed by atoms with van der Waals surface area (Å²) in [4.78, 5) is 0.0143. The van der Waals surface area contributed by atoms with E-state index in [-0.39, 0.29) is 4.90 Å². The molecule has 2 unspecified atom stereocenters. The predicted molar refractivity (Wildman–Crippen MR) is 82.0 cm³/mol. The predicted octanol–water partition coefficient (Wildman–Crippen LogP) is 2.49. The van der Waals surface area contributed by atoms with Gasteiger partial charge in [-0.05, 0) is 38.1 Å². The van der Waals surface area contributed by atoms with Crippen molar-refractivity contribution in [1.29, 1.82) is 0 Å². The number of aryl methyl sites for hydroxylation is 1. The van der Waals surface area contributed by atoms with E-state index in [2.05, 4.69) is 0 Å². The Morgan fingerprint density at radius 3 is 2.14 bits per heavy atom. The average molecular weight is 322 g/mol. The first-order valence-electron chi connectivity index (χ1n) is 6.78. The maximum Gasteiger partial charge on any atom is 0.300 e. The van der Waals surface area contributed by atoms with Crippen molar-refractivity contribution in [1.82, 2.24) is 0 Å². The van der Waals surface area contributed by atoms with E-state index in [1.165, 1.54) is 19.1 Å². The molecule has 0 fully saturated rings. The molecule has 0 amide bonds. The highest BCUT2D eigenvalue weighted by Gasteiger charge is 2.27. The van der Waals surface area contributed by atoms with Crippen LogP contribution in [-0.4, -0.2) is 25.9 Å². The summed E-state index contributed by atoms with van der Waals surface area (Å²) >= 11 is 0. The third-order valence-corrected chi connectivity index (χ3v) is 4.21. The minimum absolute atomic E-state index is 0.0143. The Kier molecular flexibility index (Phi) is 5.18. The lowest BCUT2D eigenvalue weighted by Crippen LogP contribution is -2.34. The molecule has 0 aromatic heterocycles. The fraction of sp³-hybridized carbons (Fsp3) is 0.250. The van der Waals surface area contributed by atoms with Crippen LogP contribution in [0.4, 0.5) is 0 Å². The van der Waals surface area contributed by atoms with Gasteiger partial charge in [0.1, 0.15) is 11.9 Å². The summed E-state index contributed by atoms with van der Waals surface area (Å²) in [6, 6.07) is 14.8. The molecule has 0 aliphatic carbocycles. The zero-order valence-corrected chi connectivity index (χ0v) is 13.2. The normalized spacial score (nSPS) is 14.3. The first-order valence-corrected chi connectivity index (χ1v) is 8.19. The second-order valence-corrected chi connectivity index (χ2v) is 6.48. The molecule has 0 saturated heterocycles. The Hall–Kier alpha value is -1.89. The molecule has 0 bridgehead atoms. The molecule has 2 rings (SSSR count). The highest BCUT2D eigenvalue weighted by atomic mass is 32.2. The molecule has 0 radical (unpaired) electrons. The Bertz CT molecular complexity index is 693. The van der Waals surface area contributed by atoms with Crippen molar-refractivity contribution in [2.45, 2.75) is 31.1 Å². The molecule has 1 N–H and O–H groups in total. The largest absolute Gasteiger partial charge is 0.461 e. The van der Waals surface area contributed by atoms with Crippen LogP contribution in [0.1, 0.15) is 12.5 Å². The van der Waals surface area contributed by atoms with Gasteiger partial charge in [0.25, 0.3) is 10.1 Å². The van der Waals surface area contributed by atoms with Gasteiger partial charge in [0.2, 0.25) is 6.29 Å². The summed E-state index contributed by atoms with van der Waals surface area (Å²) in [7, 11) is -4.03. The van der Waals surface area contributed by atoms with E-state index in [0.717, 1.165) is 5.56 Å². The molecule has 0 heterocycles. The number of para-hydroxylation sites is 1. The van der Waals surface area contributed by atoms with Gasteiger partial charge in [0, 0.05) is 0 Å². The van der Waals surface area contributed by atoms with Gasteiger partial charge >= 0.3 is 0 Å². The van der Waals surface area contributed by atoms with Crippen LogP contribution in [-0.2, 0) is 14.3 Å². The number of benzene rings is 2. The maximum atomic E-state index is 12.2. The number of aliphatic hydroxyl groups excluding tert-OH is 1. The van der Waals surface area contributed by atoms with E-state index in [4.69, 9.17) is 8.92 Å². The molecule has 2 aromatic carbocycles. The van der Waals surface area contributed by atoms with Gasteiger partial charge in [0.05, 0.1) is 4.90 Å². The molecule has 118 valence electrons. The van der Waals surface area contributed by atoms with Crippen molar-refractivity contribution < 1.29 is 22.4 Å². The minimum Gasteiger partial charge on any atom is -0.461 e. The van der Waals surface area contributed by atoms with Gasteiger partial charge in [0.15, 0.2) is 0 Å². The Morgan fingerprint density at radius 1 is 1.00 bits per heavy atom. The van der Waals surface area contributed by atoms with Crippen molar-refractivity contribution in [3.05, 3.63) is 60.2 Å². The summed E-state index contributed by atoms with van der Waals surface area (Å²) in [5.41, 5.74) is 0.937. The van der Waals surface area contributed by atoms with Crippen LogP contribution >= 0.6 is 0 Å². The lowest BCUT2D eigenvalue weighted by atomic mass is 10.2. The topological polar surface area (TPSA) is 72.8 Å². The molecule has 5 nitrogen and oxygen atoms in total. The SMILES string of the molecule is Cc1ccc(S(=O)(=O)OC(Oc2ccccc2)C(C)O)cc1. The lowest BCUT2D eigenvalue weighted by molar-refractivity contribution is -0.0741. The van der Waals surface area contributed by atoms with Crippen LogP contribution in [0.3, 0.4) is 0 Å². The Morgan fingerprint density at radius 2 is 1.59 bits per heavy atom. The molecule has 0 saturated carbocycles. The van der Waals surface area contributed by atoms with E-state index < -0.39 is 22.5 Å². The number of hydrogen-bond donors (Lipinski definition) is 1. The second-order valence-electron chi connectivity index (χ2n) is 4.90. The van der Waals surface area contributed by atoms with E-state index >= 15 is 0 Å². The highest BCUT2D eigenvalue weighted by Crippen LogP contribution is 2.19. The molecule has 2 aromatic rings. The van der Waals surface area contributed by atoms with Crippen LogP contribution < -0.4 is 4.74 Å². The van der Waals surface area contributed by atoms with Gasteiger partial charge in [-0.2, -0.15) is 8.42 Å². The molecule has 0 aliphatic rings. The first-order chi connectivity index (χ1) is 10.4. The van der Waals surface area contributed by atoms with Gasteiger partial charge in [-0.25, -0.2) is 4.18 Å². The van der Waals surface area contributed by atoms with Crippen LogP contribution in [0, 0.1) is 6.92 Å². The summed E-state index contributed by atoms with van der Waals surface area (Å²) < 4.78 is 34.9. The lowest BCUT2D eigenvalue weighted by Gasteiger charge is -2.21. The van der Waals surface area contributed by atoms with Gasteiger partial charge < -0.3 is 9.84 Å². The van der Waals surface area contributed by atoms with E-state index in [0.29, 0.717) is 5.75 Å². The van der Waals surface area contributed by atoms with Gasteiger partial charge in [-0.3, -0.25) is 0 Å². The van der Waals surface area contributed by atoms with Crippen molar-refractivity contribution in [2.75, 3.05) is 0 Å². The minimum atomic E-state index is -4.03. The maximum absolute atomic E-state index is 12.2. The Labute approximate surface area is 130 Å². The van der Waals surface area contributed by atoms with Crippen molar-refractivity contribution in [2.24, 2.45) is 0 Å². The van der Waals surface area contributed by atoms with Crippen molar-refractivity contribution in [3.8, 4) is 5.75 Å². The molecule has 0 spiro atoms. The Balaban J connectivity index is 2.18. The molecule has 2 atom stereocenters. The van der Waals surface area contributed by atoms with Crippen molar-refractivity contribution >= 4 is 10.1 Å². The zero-order chi connectivity index (χ0) is 16.2. The van der Waals surface area contributed by atoms with Crippen molar-refractivity contribution in [3.63, 3.8) is 0 Å². The number of hydrogen-bond acceptors (Lipinski definition) is 5. The van der Waals surface area contributed by atoms with Gasteiger partial charge in [-0.1, -0.05) is 35.9 Å². The molecule has 0 aliphatic heterocycles. The number of aliphatic hydroxyl groups is 1. The summed E-state index contributed by atoms with van der Waals surface area (Å²) in [5.74, 6) is 0.410. The zero-order valence-electron chi connectivity index (χ0n) is 12.3. The third kappa shape index (κ3) is 4.30. The summed E-state index contributed by atoms with van der Waals surface area (Å²) in [5, 5.41) is 9.71. The molecular formula is C16H18O5S. The average Bonchev–Trinajstić information content (AvgIpc) is 2.48. The van der Waals surface area contributed by atoms with Crippen LogP contribution in [0.25, 0.3) is 0 Å². The monoisotopic (exact) mass is 322 g/mol. The standard InChI is InChI=1S/C16H18O5S/c1-12-8-10-15(11-9-12)22(18,19)21-16(13(2)17)20-14-6-4-3-5-7-14/h3-11,13,16-17H,1-2H3. The highest BCUT2D eigenvalue weighted by molar-refractivity contribution is 7.86. The second kappa shape index (κ2) is 6.91. The smallest absolute Gasteiger partial charge is 0.300 e. The fourth-order valence-electron chi connectivity index (χ4n) is 1.72. The number of rotatable bonds is 6. The molecule has 6 heteroatoms.